The lowest BCUT2D eigenvalue weighted by atomic mass is 9.96. The van der Waals surface area contributed by atoms with Gasteiger partial charge in [-0.05, 0) is 72.4 Å². The fourth-order valence-electron chi connectivity index (χ4n) is 3.06. The molecule has 0 unspecified atom stereocenters. The van der Waals surface area contributed by atoms with Crippen molar-refractivity contribution in [2.75, 3.05) is 19.6 Å². The molecule has 0 spiro atoms. The molecular weight excluding hydrogens is 318 g/mol. The van der Waals surface area contributed by atoms with E-state index in [2.05, 4.69) is 33.1 Å². The van der Waals surface area contributed by atoms with E-state index in [0.717, 1.165) is 32.5 Å². The van der Waals surface area contributed by atoms with Crippen molar-refractivity contribution >= 4 is 17.2 Å². The van der Waals surface area contributed by atoms with E-state index in [0.29, 0.717) is 23.6 Å². The van der Waals surface area contributed by atoms with Gasteiger partial charge >= 0.3 is 0 Å². The first-order valence-corrected chi connectivity index (χ1v) is 9.20. The SMILES string of the molecule is N#Cc1cccc(C(=O)NCC2CCN(Cc3ccsc3)CC2)c1. The molecular formula is C19H21N3OS. The molecule has 1 N–H and O–H groups in total. The van der Waals surface area contributed by atoms with Crippen molar-refractivity contribution in [3.05, 3.63) is 57.8 Å². The first-order valence-electron chi connectivity index (χ1n) is 8.26. The van der Waals surface area contributed by atoms with Crippen LogP contribution in [0.25, 0.3) is 0 Å². The van der Waals surface area contributed by atoms with E-state index in [9.17, 15) is 4.79 Å². The van der Waals surface area contributed by atoms with E-state index in [-0.39, 0.29) is 5.91 Å². The largest absolute Gasteiger partial charge is 0.352 e. The van der Waals surface area contributed by atoms with Gasteiger partial charge in [-0.3, -0.25) is 9.69 Å². The molecule has 4 nitrogen and oxygen atoms in total. The number of nitriles is 1. The van der Waals surface area contributed by atoms with Crippen LogP contribution in [0.5, 0.6) is 0 Å². The predicted octanol–water partition coefficient (Wildman–Crippen LogP) is 3.26. The average molecular weight is 339 g/mol. The molecule has 1 aromatic heterocycles. The number of rotatable bonds is 5. The molecule has 0 saturated carbocycles. The highest BCUT2D eigenvalue weighted by Crippen LogP contribution is 2.19. The summed E-state index contributed by atoms with van der Waals surface area (Å²) in [6, 6.07) is 11.1. The van der Waals surface area contributed by atoms with Gasteiger partial charge in [0.2, 0.25) is 0 Å². The number of hydrogen-bond acceptors (Lipinski definition) is 4. The fraction of sp³-hybridized carbons (Fsp3) is 0.368. The Morgan fingerprint density at radius 1 is 1.33 bits per heavy atom. The van der Waals surface area contributed by atoms with Crippen LogP contribution in [0.1, 0.15) is 34.3 Å². The molecule has 1 amide bonds. The number of nitrogens with one attached hydrogen (secondary N) is 1. The second kappa shape index (κ2) is 8.09. The maximum Gasteiger partial charge on any atom is 0.251 e. The van der Waals surface area contributed by atoms with Gasteiger partial charge in [0, 0.05) is 18.7 Å². The van der Waals surface area contributed by atoms with Crippen LogP contribution in [-0.4, -0.2) is 30.4 Å². The molecule has 24 heavy (non-hydrogen) atoms. The van der Waals surface area contributed by atoms with Crippen molar-refractivity contribution in [2.24, 2.45) is 5.92 Å². The first kappa shape index (κ1) is 16.7. The first-order chi connectivity index (χ1) is 11.7. The number of benzene rings is 1. The topological polar surface area (TPSA) is 56.1 Å². The lowest BCUT2D eigenvalue weighted by Gasteiger charge is -2.31. The van der Waals surface area contributed by atoms with Crippen LogP contribution in [0.3, 0.4) is 0 Å². The molecule has 124 valence electrons. The summed E-state index contributed by atoms with van der Waals surface area (Å²) >= 11 is 1.75. The molecule has 0 atom stereocenters. The van der Waals surface area contributed by atoms with Crippen molar-refractivity contribution < 1.29 is 4.79 Å². The molecule has 0 radical (unpaired) electrons. The standard InChI is InChI=1S/C19H21N3OS/c20-11-16-2-1-3-18(10-16)19(23)21-12-15-4-7-22(8-5-15)13-17-6-9-24-14-17/h1-3,6,9-10,14-15H,4-5,7-8,12-13H2,(H,21,23). The number of hydrogen-bond donors (Lipinski definition) is 1. The molecule has 2 heterocycles. The Morgan fingerprint density at radius 2 is 2.17 bits per heavy atom. The monoisotopic (exact) mass is 339 g/mol. The Morgan fingerprint density at radius 3 is 2.88 bits per heavy atom. The molecule has 1 aromatic carbocycles. The van der Waals surface area contributed by atoms with E-state index in [1.165, 1.54) is 5.56 Å². The number of nitrogens with zero attached hydrogens (tertiary/aromatic N) is 2. The van der Waals surface area contributed by atoms with Crippen molar-refractivity contribution in [3.63, 3.8) is 0 Å². The van der Waals surface area contributed by atoms with Crippen LogP contribution < -0.4 is 5.32 Å². The fourth-order valence-corrected chi connectivity index (χ4v) is 3.72. The molecule has 2 aromatic rings. The van der Waals surface area contributed by atoms with Gasteiger partial charge in [0.1, 0.15) is 0 Å². The van der Waals surface area contributed by atoms with Crippen LogP contribution in [-0.2, 0) is 6.54 Å². The zero-order valence-electron chi connectivity index (χ0n) is 13.6. The van der Waals surface area contributed by atoms with Crippen LogP contribution in [0.2, 0.25) is 0 Å². The van der Waals surface area contributed by atoms with Crippen LogP contribution in [0.15, 0.2) is 41.1 Å². The van der Waals surface area contributed by atoms with Gasteiger partial charge in [-0.15, -0.1) is 0 Å². The van der Waals surface area contributed by atoms with Crippen LogP contribution in [0.4, 0.5) is 0 Å². The molecule has 3 rings (SSSR count). The molecule has 1 aliphatic heterocycles. The van der Waals surface area contributed by atoms with Gasteiger partial charge in [0.15, 0.2) is 0 Å². The lowest BCUT2D eigenvalue weighted by Crippen LogP contribution is -2.38. The predicted molar refractivity (Wildman–Crippen MR) is 95.8 cm³/mol. The molecule has 0 aliphatic carbocycles. The number of amides is 1. The second-order valence-electron chi connectivity index (χ2n) is 6.25. The summed E-state index contributed by atoms with van der Waals surface area (Å²) in [5.41, 5.74) is 2.47. The molecule has 1 saturated heterocycles. The highest BCUT2D eigenvalue weighted by Gasteiger charge is 2.20. The third kappa shape index (κ3) is 4.44. The Balaban J connectivity index is 1.43. The van der Waals surface area contributed by atoms with Crippen molar-refractivity contribution in [3.8, 4) is 6.07 Å². The Kier molecular flexibility index (Phi) is 5.63. The number of carbonyl (C=O) groups excluding carboxylic acids is 1. The Labute approximate surface area is 146 Å². The second-order valence-corrected chi connectivity index (χ2v) is 7.03. The summed E-state index contributed by atoms with van der Waals surface area (Å²) in [6.45, 7) is 3.91. The van der Waals surface area contributed by atoms with E-state index in [1.54, 1.807) is 35.6 Å². The molecule has 0 bridgehead atoms. The summed E-state index contributed by atoms with van der Waals surface area (Å²) in [7, 11) is 0. The number of piperidine rings is 1. The summed E-state index contributed by atoms with van der Waals surface area (Å²) in [4.78, 5) is 14.7. The smallest absolute Gasteiger partial charge is 0.251 e. The quantitative estimate of drug-likeness (QED) is 0.910. The summed E-state index contributed by atoms with van der Waals surface area (Å²) < 4.78 is 0. The maximum absolute atomic E-state index is 12.2. The Bertz CT molecular complexity index is 712. The summed E-state index contributed by atoms with van der Waals surface area (Å²) in [6.07, 6.45) is 2.23. The molecule has 5 heteroatoms. The minimum absolute atomic E-state index is 0.0900. The minimum atomic E-state index is -0.0900. The zero-order chi connectivity index (χ0) is 16.8. The van der Waals surface area contributed by atoms with E-state index in [4.69, 9.17) is 5.26 Å². The third-order valence-corrected chi connectivity index (χ3v) is 5.23. The molecule has 1 aliphatic rings. The van der Waals surface area contributed by atoms with Crippen molar-refractivity contribution in [2.45, 2.75) is 19.4 Å². The van der Waals surface area contributed by atoms with Gasteiger partial charge in [-0.1, -0.05) is 6.07 Å². The van der Waals surface area contributed by atoms with Crippen LogP contribution >= 0.6 is 11.3 Å². The van der Waals surface area contributed by atoms with Crippen LogP contribution in [0, 0.1) is 17.2 Å². The number of thiophene rings is 1. The van der Waals surface area contributed by atoms with Crippen molar-refractivity contribution in [1.82, 2.24) is 10.2 Å². The van der Waals surface area contributed by atoms with E-state index < -0.39 is 0 Å². The van der Waals surface area contributed by atoms with E-state index in [1.807, 2.05) is 0 Å². The Hall–Kier alpha value is -2.16. The lowest BCUT2D eigenvalue weighted by molar-refractivity contribution is 0.0935. The van der Waals surface area contributed by atoms with Gasteiger partial charge in [0.25, 0.3) is 5.91 Å². The van der Waals surface area contributed by atoms with Gasteiger partial charge < -0.3 is 5.32 Å². The summed E-state index contributed by atoms with van der Waals surface area (Å²) in [5.74, 6) is 0.444. The zero-order valence-corrected chi connectivity index (χ0v) is 14.4. The van der Waals surface area contributed by atoms with Gasteiger partial charge in [-0.2, -0.15) is 16.6 Å². The normalized spacial score (nSPS) is 15.8. The molecule has 1 fully saturated rings. The number of likely N-dealkylation sites (tertiary alicyclic amines) is 1. The maximum atomic E-state index is 12.2. The highest BCUT2D eigenvalue weighted by atomic mass is 32.1. The van der Waals surface area contributed by atoms with Crippen molar-refractivity contribution in [1.29, 1.82) is 5.26 Å². The van der Waals surface area contributed by atoms with Gasteiger partial charge in [-0.25, -0.2) is 0 Å². The highest BCUT2D eigenvalue weighted by molar-refractivity contribution is 7.07. The number of carbonyl (C=O) groups is 1. The van der Waals surface area contributed by atoms with Gasteiger partial charge in [0.05, 0.1) is 11.6 Å². The average Bonchev–Trinajstić information content (AvgIpc) is 3.14. The van der Waals surface area contributed by atoms with E-state index >= 15 is 0 Å². The third-order valence-electron chi connectivity index (χ3n) is 4.50. The summed E-state index contributed by atoms with van der Waals surface area (Å²) in [5, 5.41) is 16.3. The minimum Gasteiger partial charge on any atom is -0.352 e.